The standard InChI is InChI=1S/C21H23N3O3/c1-15(2)27-20-11-7-6-10-19(20)24(16(3)25)13-12-21(26)23-18-9-5-4-8-17(18)14-22/h4-11,15H,12-13H2,1-3H3,(H,23,26). The Morgan fingerprint density at radius 1 is 1.15 bits per heavy atom. The van der Waals surface area contributed by atoms with Crippen molar-refractivity contribution in [2.24, 2.45) is 0 Å². The van der Waals surface area contributed by atoms with Crippen LogP contribution in [-0.4, -0.2) is 24.5 Å². The molecule has 0 aliphatic rings. The van der Waals surface area contributed by atoms with E-state index in [1.165, 1.54) is 11.8 Å². The maximum Gasteiger partial charge on any atom is 0.226 e. The summed E-state index contributed by atoms with van der Waals surface area (Å²) >= 11 is 0. The summed E-state index contributed by atoms with van der Waals surface area (Å²) in [4.78, 5) is 26.0. The number of nitrogens with one attached hydrogen (secondary N) is 1. The van der Waals surface area contributed by atoms with E-state index >= 15 is 0 Å². The van der Waals surface area contributed by atoms with E-state index in [1.807, 2.05) is 32.0 Å². The maximum atomic E-state index is 12.3. The quantitative estimate of drug-likeness (QED) is 0.810. The van der Waals surface area contributed by atoms with E-state index in [-0.39, 0.29) is 30.9 Å². The zero-order valence-corrected chi connectivity index (χ0v) is 15.7. The lowest BCUT2D eigenvalue weighted by molar-refractivity contribution is -0.117. The fourth-order valence-corrected chi connectivity index (χ4v) is 2.60. The van der Waals surface area contributed by atoms with Gasteiger partial charge in [0.1, 0.15) is 11.8 Å². The van der Waals surface area contributed by atoms with Crippen LogP contribution in [0, 0.1) is 11.3 Å². The molecule has 6 heteroatoms. The Hall–Kier alpha value is -3.33. The Bertz CT molecular complexity index is 856. The Morgan fingerprint density at radius 3 is 2.48 bits per heavy atom. The van der Waals surface area contributed by atoms with Crippen molar-refractivity contribution in [1.29, 1.82) is 5.26 Å². The fraction of sp³-hybridized carbons (Fsp3) is 0.286. The molecule has 0 bridgehead atoms. The number of hydrogen-bond donors (Lipinski definition) is 1. The zero-order chi connectivity index (χ0) is 19.8. The molecule has 0 spiro atoms. The van der Waals surface area contributed by atoms with Crippen molar-refractivity contribution in [3.8, 4) is 11.8 Å². The summed E-state index contributed by atoms with van der Waals surface area (Å²) in [7, 11) is 0. The molecule has 0 aliphatic heterocycles. The predicted octanol–water partition coefficient (Wildman–Crippen LogP) is 3.73. The number of anilines is 2. The largest absolute Gasteiger partial charge is 0.489 e. The van der Waals surface area contributed by atoms with Gasteiger partial charge in [0.2, 0.25) is 11.8 Å². The minimum Gasteiger partial charge on any atom is -0.489 e. The molecule has 0 fully saturated rings. The number of para-hydroxylation sites is 3. The number of hydrogen-bond acceptors (Lipinski definition) is 4. The topological polar surface area (TPSA) is 82.4 Å². The first-order valence-corrected chi connectivity index (χ1v) is 8.75. The number of rotatable bonds is 7. The zero-order valence-electron chi connectivity index (χ0n) is 15.7. The molecule has 2 rings (SSSR count). The lowest BCUT2D eigenvalue weighted by Crippen LogP contribution is -2.32. The van der Waals surface area contributed by atoms with Crippen molar-refractivity contribution < 1.29 is 14.3 Å². The third-order valence-corrected chi connectivity index (χ3v) is 3.78. The van der Waals surface area contributed by atoms with Crippen LogP contribution in [0.1, 0.15) is 32.8 Å². The van der Waals surface area contributed by atoms with Gasteiger partial charge in [-0.05, 0) is 38.1 Å². The highest BCUT2D eigenvalue weighted by Gasteiger charge is 2.18. The molecule has 140 valence electrons. The number of nitrogens with zero attached hydrogens (tertiary/aromatic N) is 2. The number of benzene rings is 2. The van der Waals surface area contributed by atoms with Crippen LogP contribution in [0.4, 0.5) is 11.4 Å². The second kappa shape index (κ2) is 9.39. The molecule has 27 heavy (non-hydrogen) atoms. The average Bonchev–Trinajstić information content (AvgIpc) is 2.63. The van der Waals surface area contributed by atoms with Crippen LogP contribution < -0.4 is 15.0 Å². The first-order chi connectivity index (χ1) is 12.9. The predicted molar refractivity (Wildman–Crippen MR) is 105 cm³/mol. The van der Waals surface area contributed by atoms with Crippen molar-refractivity contribution in [1.82, 2.24) is 0 Å². The van der Waals surface area contributed by atoms with Crippen molar-refractivity contribution in [3.05, 3.63) is 54.1 Å². The van der Waals surface area contributed by atoms with Crippen LogP contribution in [0.2, 0.25) is 0 Å². The highest BCUT2D eigenvalue weighted by atomic mass is 16.5. The van der Waals surface area contributed by atoms with Crippen molar-refractivity contribution in [2.75, 3.05) is 16.8 Å². The van der Waals surface area contributed by atoms with Gasteiger partial charge in [-0.3, -0.25) is 9.59 Å². The van der Waals surface area contributed by atoms with E-state index in [0.29, 0.717) is 22.7 Å². The Balaban J connectivity index is 2.11. The highest BCUT2D eigenvalue weighted by molar-refractivity contribution is 5.96. The van der Waals surface area contributed by atoms with Gasteiger partial charge in [0.15, 0.2) is 0 Å². The highest BCUT2D eigenvalue weighted by Crippen LogP contribution is 2.29. The first-order valence-electron chi connectivity index (χ1n) is 8.75. The van der Waals surface area contributed by atoms with Crippen LogP contribution in [0.15, 0.2) is 48.5 Å². The summed E-state index contributed by atoms with van der Waals surface area (Å²) < 4.78 is 5.78. The molecule has 2 aromatic rings. The summed E-state index contributed by atoms with van der Waals surface area (Å²) in [6.07, 6.45) is 0.0563. The molecule has 0 saturated carbocycles. The minimum atomic E-state index is -0.272. The van der Waals surface area contributed by atoms with Crippen molar-refractivity contribution in [2.45, 2.75) is 33.3 Å². The van der Waals surface area contributed by atoms with E-state index in [1.54, 1.807) is 36.4 Å². The smallest absolute Gasteiger partial charge is 0.226 e. The van der Waals surface area contributed by atoms with Crippen LogP contribution >= 0.6 is 0 Å². The Labute approximate surface area is 159 Å². The maximum absolute atomic E-state index is 12.3. The van der Waals surface area contributed by atoms with Gasteiger partial charge in [0.25, 0.3) is 0 Å². The van der Waals surface area contributed by atoms with E-state index < -0.39 is 0 Å². The molecule has 0 aromatic heterocycles. The van der Waals surface area contributed by atoms with E-state index in [9.17, 15) is 9.59 Å². The number of amides is 2. The molecule has 1 N–H and O–H groups in total. The van der Waals surface area contributed by atoms with Gasteiger partial charge in [-0.25, -0.2) is 0 Å². The number of ether oxygens (including phenoxy) is 1. The van der Waals surface area contributed by atoms with Gasteiger partial charge in [-0.1, -0.05) is 24.3 Å². The molecule has 6 nitrogen and oxygen atoms in total. The SMILES string of the molecule is CC(=O)N(CCC(=O)Nc1ccccc1C#N)c1ccccc1OC(C)C. The summed E-state index contributed by atoms with van der Waals surface area (Å²) in [6.45, 7) is 5.48. The Morgan fingerprint density at radius 2 is 1.81 bits per heavy atom. The third kappa shape index (κ3) is 5.58. The third-order valence-electron chi connectivity index (χ3n) is 3.78. The molecule has 0 aliphatic carbocycles. The minimum absolute atomic E-state index is 0.0364. The number of nitriles is 1. The molecule has 0 heterocycles. The van der Waals surface area contributed by atoms with Gasteiger partial charge >= 0.3 is 0 Å². The van der Waals surface area contributed by atoms with Crippen LogP contribution in [0.5, 0.6) is 5.75 Å². The normalized spacial score (nSPS) is 10.2. The second-order valence-corrected chi connectivity index (χ2v) is 6.26. The molecule has 0 atom stereocenters. The molecular formula is C21H23N3O3. The lowest BCUT2D eigenvalue weighted by Gasteiger charge is -2.24. The Kier molecular flexibility index (Phi) is 6.95. The van der Waals surface area contributed by atoms with Gasteiger partial charge in [0.05, 0.1) is 23.0 Å². The molecule has 0 saturated heterocycles. The van der Waals surface area contributed by atoms with E-state index in [0.717, 1.165) is 0 Å². The average molecular weight is 365 g/mol. The van der Waals surface area contributed by atoms with Gasteiger partial charge < -0.3 is 15.0 Å². The molecule has 0 radical (unpaired) electrons. The van der Waals surface area contributed by atoms with Crippen molar-refractivity contribution >= 4 is 23.2 Å². The van der Waals surface area contributed by atoms with Gasteiger partial charge in [0, 0.05) is 19.9 Å². The van der Waals surface area contributed by atoms with Crippen LogP contribution in [0.25, 0.3) is 0 Å². The monoisotopic (exact) mass is 365 g/mol. The molecule has 0 unspecified atom stereocenters. The first kappa shape index (κ1) is 20.0. The van der Waals surface area contributed by atoms with E-state index in [4.69, 9.17) is 10.00 Å². The molecular weight excluding hydrogens is 342 g/mol. The van der Waals surface area contributed by atoms with Gasteiger partial charge in [-0.15, -0.1) is 0 Å². The number of carbonyl (C=O) groups is 2. The number of carbonyl (C=O) groups excluding carboxylic acids is 2. The lowest BCUT2D eigenvalue weighted by atomic mass is 10.2. The second-order valence-electron chi connectivity index (χ2n) is 6.26. The molecule has 2 aromatic carbocycles. The fourth-order valence-electron chi connectivity index (χ4n) is 2.60. The summed E-state index contributed by atoms with van der Waals surface area (Å²) in [5.41, 5.74) is 1.48. The van der Waals surface area contributed by atoms with Crippen LogP contribution in [-0.2, 0) is 9.59 Å². The van der Waals surface area contributed by atoms with Gasteiger partial charge in [-0.2, -0.15) is 5.26 Å². The van der Waals surface area contributed by atoms with Crippen LogP contribution in [0.3, 0.4) is 0 Å². The summed E-state index contributed by atoms with van der Waals surface area (Å²) in [5, 5.41) is 11.8. The van der Waals surface area contributed by atoms with E-state index in [2.05, 4.69) is 5.32 Å². The summed E-state index contributed by atoms with van der Waals surface area (Å²) in [6, 6.07) is 16.1. The van der Waals surface area contributed by atoms with Crippen molar-refractivity contribution in [3.63, 3.8) is 0 Å². The molecule has 2 amide bonds. The summed E-state index contributed by atoms with van der Waals surface area (Å²) in [5.74, 6) is 0.143.